The topological polar surface area (TPSA) is 41.8 Å². The van der Waals surface area contributed by atoms with Gasteiger partial charge in [0.2, 0.25) is 0 Å². The van der Waals surface area contributed by atoms with Crippen molar-refractivity contribution in [3.05, 3.63) is 35.0 Å². The first-order valence-corrected chi connectivity index (χ1v) is 6.16. The molecule has 17 heavy (non-hydrogen) atoms. The van der Waals surface area contributed by atoms with Gasteiger partial charge in [0.1, 0.15) is 0 Å². The fourth-order valence-electron chi connectivity index (χ4n) is 2.82. The molecular formula is C13H16Cl2N2. The Kier molecular flexibility index (Phi) is 3.67. The first-order valence-electron chi connectivity index (χ1n) is 5.78. The number of hydrogen-bond donors (Lipinski definition) is 2. The molecule has 2 atom stereocenters. The van der Waals surface area contributed by atoms with Gasteiger partial charge in [-0.3, -0.25) is 0 Å². The predicted octanol–water partition coefficient (Wildman–Crippen LogP) is 3.84. The number of aromatic amines is 1. The number of fused-ring (bicyclic) bond motifs is 1. The maximum atomic E-state index is 6.15. The van der Waals surface area contributed by atoms with Crippen molar-refractivity contribution in [1.82, 2.24) is 4.98 Å². The minimum Gasteiger partial charge on any atom is -0.360 e. The van der Waals surface area contributed by atoms with E-state index in [-0.39, 0.29) is 12.4 Å². The summed E-state index contributed by atoms with van der Waals surface area (Å²) in [5, 5.41) is 2.02. The van der Waals surface area contributed by atoms with Gasteiger partial charge in [0.05, 0.1) is 10.5 Å². The SMILES string of the molecule is Cl.N[C@@H]1CCC[C@H]1c1c[nH]c2c(Cl)cccc12. The van der Waals surface area contributed by atoms with Crippen LogP contribution in [0, 0.1) is 0 Å². The van der Waals surface area contributed by atoms with E-state index < -0.39 is 0 Å². The second-order valence-electron chi connectivity index (χ2n) is 4.61. The molecule has 2 aromatic rings. The van der Waals surface area contributed by atoms with Crippen LogP contribution in [0.1, 0.15) is 30.7 Å². The average molecular weight is 271 g/mol. The number of nitrogens with one attached hydrogen (secondary N) is 1. The van der Waals surface area contributed by atoms with Crippen molar-refractivity contribution in [1.29, 1.82) is 0 Å². The van der Waals surface area contributed by atoms with Crippen molar-refractivity contribution in [2.45, 2.75) is 31.2 Å². The molecule has 1 aliphatic rings. The maximum absolute atomic E-state index is 6.15. The number of hydrogen-bond acceptors (Lipinski definition) is 1. The molecule has 0 spiro atoms. The van der Waals surface area contributed by atoms with Gasteiger partial charge in [-0.25, -0.2) is 0 Å². The van der Waals surface area contributed by atoms with E-state index in [0.717, 1.165) is 17.0 Å². The summed E-state index contributed by atoms with van der Waals surface area (Å²) in [7, 11) is 0. The second kappa shape index (κ2) is 4.89. The van der Waals surface area contributed by atoms with Crippen LogP contribution in [0.15, 0.2) is 24.4 Å². The lowest BCUT2D eigenvalue weighted by atomic mass is 9.94. The minimum absolute atomic E-state index is 0. The standard InChI is InChI=1S/C13H15ClN2.ClH/c14-11-5-1-4-9-10(7-16-13(9)11)8-3-2-6-12(8)15;/h1,4-5,7-8,12,16H,2-3,6,15H2;1H/t8-,12+;/m0./s1. The average Bonchev–Trinajstić information content (AvgIpc) is 2.84. The molecule has 1 heterocycles. The third-order valence-electron chi connectivity index (χ3n) is 3.67. The van der Waals surface area contributed by atoms with Gasteiger partial charge in [-0.2, -0.15) is 0 Å². The van der Waals surface area contributed by atoms with Crippen molar-refractivity contribution < 1.29 is 0 Å². The Labute approximate surface area is 112 Å². The van der Waals surface area contributed by atoms with Crippen molar-refractivity contribution in [3.8, 4) is 0 Å². The summed E-state index contributed by atoms with van der Waals surface area (Å²) in [4.78, 5) is 3.27. The molecule has 1 aromatic heterocycles. The van der Waals surface area contributed by atoms with E-state index in [1.165, 1.54) is 23.8 Å². The predicted molar refractivity (Wildman–Crippen MR) is 75.1 cm³/mol. The summed E-state index contributed by atoms with van der Waals surface area (Å²) < 4.78 is 0. The molecule has 3 N–H and O–H groups in total. The van der Waals surface area contributed by atoms with Gasteiger partial charge in [-0.05, 0) is 24.5 Å². The van der Waals surface area contributed by atoms with E-state index in [4.69, 9.17) is 17.3 Å². The monoisotopic (exact) mass is 270 g/mol. The molecule has 0 bridgehead atoms. The number of para-hydroxylation sites is 1. The third kappa shape index (κ3) is 2.05. The van der Waals surface area contributed by atoms with Crippen LogP contribution in [0.2, 0.25) is 5.02 Å². The summed E-state index contributed by atoms with van der Waals surface area (Å²) in [6.45, 7) is 0. The molecule has 0 amide bonds. The van der Waals surface area contributed by atoms with Gasteiger partial charge in [0.25, 0.3) is 0 Å². The number of benzene rings is 1. The van der Waals surface area contributed by atoms with Crippen LogP contribution >= 0.6 is 24.0 Å². The molecule has 1 fully saturated rings. The molecule has 2 nitrogen and oxygen atoms in total. The van der Waals surface area contributed by atoms with Crippen molar-refractivity contribution in [2.24, 2.45) is 5.73 Å². The number of aromatic nitrogens is 1. The quantitative estimate of drug-likeness (QED) is 0.813. The minimum atomic E-state index is 0. The molecule has 0 aliphatic heterocycles. The number of H-pyrrole nitrogens is 1. The largest absolute Gasteiger partial charge is 0.360 e. The number of nitrogens with two attached hydrogens (primary N) is 1. The first kappa shape index (κ1) is 12.7. The van der Waals surface area contributed by atoms with Crippen molar-refractivity contribution in [2.75, 3.05) is 0 Å². The van der Waals surface area contributed by atoms with Crippen LogP contribution in [0.3, 0.4) is 0 Å². The van der Waals surface area contributed by atoms with Crippen LogP contribution in [0.4, 0.5) is 0 Å². The van der Waals surface area contributed by atoms with Crippen LogP contribution < -0.4 is 5.73 Å². The van der Waals surface area contributed by atoms with Gasteiger partial charge < -0.3 is 10.7 Å². The molecule has 92 valence electrons. The Bertz CT molecular complexity index is 521. The summed E-state index contributed by atoms with van der Waals surface area (Å²) in [6, 6.07) is 6.34. The highest BCUT2D eigenvalue weighted by Gasteiger charge is 2.27. The van der Waals surface area contributed by atoms with Gasteiger partial charge in [0, 0.05) is 23.5 Å². The molecule has 1 aromatic carbocycles. The molecule has 0 unspecified atom stereocenters. The smallest absolute Gasteiger partial charge is 0.0647 e. The van der Waals surface area contributed by atoms with Gasteiger partial charge in [-0.15, -0.1) is 12.4 Å². The summed E-state index contributed by atoms with van der Waals surface area (Å²) in [5.74, 6) is 0.493. The lowest BCUT2D eigenvalue weighted by Gasteiger charge is -2.14. The summed E-state index contributed by atoms with van der Waals surface area (Å²) >= 11 is 6.15. The zero-order valence-electron chi connectivity index (χ0n) is 9.45. The van der Waals surface area contributed by atoms with E-state index >= 15 is 0 Å². The highest BCUT2D eigenvalue weighted by molar-refractivity contribution is 6.35. The van der Waals surface area contributed by atoms with E-state index in [1.807, 2.05) is 12.1 Å². The fourth-order valence-corrected chi connectivity index (χ4v) is 3.05. The summed E-state index contributed by atoms with van der Waals surface area (Å²) in [6.07, 6.45) is 5.64. The van der Waals surface area contributed by atoms with E-state index in [2.05, 4.69) is 17.2 Å². The van der Waals surface area contributed by atoms with E-state index in [9.17, 15) is 0 Å². The maximum Gasteiger partial charge on any atom is 0.0647 e. The highest BCUT2D eigenvalue weighted by atomic mass is 35.5. The van der Waals surface area contributed by atoms with Crippen LogP contribution in [0.5, 0.6) is 0 Å². The lowest BCUT2D eigenvalue weighted by Crippen LogP contribution is -2.22. The normalized spacial score (nSPS) is 23.9. The lowest BCUT2D eigenvalue weighted by molar-refractivity contribution is 0.616. The van der Waals surface area contributed by atoms with Gasteiger partial charge >= 0.3 is 0 Å². The Morgan fingerprint density at radius 2 is 2.12 bits per heavy atom. The zero-order chi connectivity index (χ0) is 11.1. The Balaban J connectivity index is 0.00000108. The zero-order valence-corrected chi connectivity index (χ0v) is 11.0. The van der Waals surface area contributed by atoms with Crippen molar-refractivity contribution >= 4 is 34.9 Å². The molecule has 4 heteroatoms. The van der Waals surface area contributed by atoms with Gasteiger partial charge in [-0.1, -0.05) is 30.2 Å². The Hall–Kier alpha value is -0.700. The third-order valence-corrected chi connectivity index (χ3v) is 3.98. The Morgan fingerprint density at radius 3 is 2.82 bits per heavy atom. The van der Waals surface area contributed by atoms with Crippen LogP contribution in [-0.2, 0) is 0 Å². The number of rotatable bonds is 1. The van der Waals surface area contributed by atoms with Crippen LogP contribution in [-0.4, -0.2) is 11.0 Å². The van der Waals surface area contributed by atoms with Gasteiger partial charge in [0.15, 0.2) is 0 Å². The molecule has 3 rings (SSSR count). The Morgan fingerprint density at radius 1 is 1.29 bits per heavy atom. The van der Waals surface area contributed by atoms with E-state index in [0.29, 0.717) is 12.0 Å². The first-order chi connectivity index (χ1) is 7.77. The second-order valence-corrected chi connectivity index (χ2v) is 5.01. The molecule has 1 aliphatic carbocycles. The highest BCUT2D eigenvalue weighted by Crippen LogP contribution is 2.38. The fraction of sp³-hybridized carbons (Fsp3) is 0.385. The van der Waals surface area contributed by atoms with Crippen molar-refractivity contribution in [3.63, 3.8) is 0 Å². The molecule has 1 saturated carbocycles. The molecular weight excluding hydrogens is 255 g/mol. The van der Waals surface area contributed by atoms with Crippen LogP contribution in [0.25, 0.3) is 10.9 Å². The summed E-state index contributed by atoms with van der Waals surface area (Å²) in [5.41, 5.74) is 8.53. The molecule has 0 saturated heterocycles. The number of halogens is 2. The molecule has 0 radical (unpaired) electrons. The van der Waals surface area contributed by atoms with E-state index in [1.54, 1.807) is 0 Å².